The molecular formula is C15H19AlZn. The second-order valence-electron chi connectivity index (χ2n) is 3.89. The van der Waals surface area contributed by atoms with Gasteiger partial charge < -0.3 is 0 Å². The van der Waals surface area contributed by atoms with Gasteiger partial charge in [0.2, 0.25) is 0 Å². The fourth-order valence-electron chi connectivity index (χ4n) is 0.684. The molecule has 0 unspecified atom stereocenters. The largest absolute Gasteiger partial charge is 2.00 e. The van der Waals surface area contributed by atoms with Crippen molar-refractivity contribution in [1.29, 1.82) is 0 Å². The molecule has 84 valence electrons. The Morgan fingerprint density at radius 2 is 0.824 bits per heavy atom. The van der Waals surface area contributed by atoms with E-state index in [1.54, 1.807) is 0 Å². The Bertz CT molecular complexity index is 220. The summed E-state index contributed by atoms with van der Waals surface area (Å²) in [6.45, 7) is 0. The Hall–Kier alpha value is -0.404. The Morgan fingerprint density at radius 1 is 0.588 bits per heavy atom. The van der Waals surface area contributed by atoms with E-state index in [1.807, 2.05) is 60.7 Å². The van der Waals surface area contributed by atoms with Gasteiger partial charge >= 0.3 is 19.5 Å². The first-order valence-corrected chi connectivity index (χ1v) is 9.02. The summed E-state index contributed by atoms with van der Waals surface area (Å²) in [6.07, 6.45) is 0. The van der Waals surface area contributed by atoms with Crippen LogP contribution in [0.1, 0.15) is 0 Å². The van der Waals surface area contributed by atoms with Gasteiger partial charge in [-0.05, 0) is 0 Å². The van der Waals surface area contributed by atoms with Crippen LogP contribution in [0.15, 0.2) is 60.7 Å². The molecule has 17 heavy (non-hydrogen) atoms. The number of rotatable bonds is 0. The summed E-state index contributed by atoms with van der Waals surface area (Å²) in [5.74, 6) is 6.92. The Balaban J connectivity index is 0. The first-order chi connectivity index (χ1) is 7.73. The molecule has 0 aliphatic rings. The molecule has 2 heteroatoms. The molecule has 0 radical (unpaired) electrons. The molecule has 0 N–H and O–H groups in total. The van der Waals surface area contributed by atoms with Crippen LogP contribution in [0.4, 0.5) is 0 Å². The normalized spacial score (nSPS) is 7.24. The second kappa shape index (κ2) is 15.6. The fourth-order valence-corrected chi connectivity index (χ4v) is 0.684. The van der Waals surface area contributed by atoms with Gasteiger partial charge in [0.05, 0.1) is 0 Å². The number of benzene rings is 2. The molecular weight excluding hydrogens is 273 g/mol. The van der Waals surface area contributed by atoms with Crippen molar-refractivity contribution in [2.24, 2.45) is 0 Å². The molecule has 0 bridgehead atoms. The Morgan fingerprint density at radius 3 is 0.882 bits per heavy atom. The van der Waals surface area contributed by atoms with Gasteiger partial charge in [-0.3, -0.25) is 0 Å². The molecule has 0 aromatic heterocycles. The fraction of sp³-hybridized carbons (Fsp3) is 0.200. The van der Waals surface area contributed by atoms with Crippen molar-refractivity contribution in [3.05, 3.63) is 72.8 Å². The van der Waals surface area contributed by atoms with Gasteiger partial charge in [0.1, 0.15) is 0 Å². The average Bonchev–Trinajstić information content (AvgIpc) is 2.34. The summed E-state index contributed by atoms with van der Waals surface area (Å²) in [4.78, 5) is 0. The third kappa shape index (κ3) is 21.4. The molecule has 0 aliphatic heterocycles. The van der Waals surface area contributed by atoms with Crippen molar-refractivity contribution in [3.63, 3.8) is 0 Å². The molecule has 0 atom stereocenters. The quantitative estimate of drug-likeness (QED) is 0.500. The number of hydrogen-bond donors (Lipinski definition) is 0. The molecule has 0 nitrogen and oxygen atoms in total. The van der Waals surface area contributed by atoms with Gasteiger partial charge in [0.25, 0.3) is 14.1 Å². The smallest absolute Gasteiger partial charge is 0.184 e. The van der Waals surface area contributed by atoms with Crippen LogP contribution < -0.4 is 0 Å². The predicted octanol–water partition coefficient (Wildman–Crippen LogP) is 4.34. The van der Waals surface area contributed by atoms with Crippen molar-refractivity contribution in [1.82, 2.24) is 0 Å². The van der Waals surface area contributed by atoms with E-state index in [2.05, 4.69) is 29.5 Å². The van der Waals surface area contributed by atoms with E-state index in [0.717, 1.165) is 0 Å². The standard InChI is InChI=1S/2C6H5.3CH3.Al.Zn/c2*1-2-4-6-5-3-1;;;;;/h2*1-5H;3*1H3;;/q2*-1;;;;;+2. The number of hydrogen-bond acceptors (Lipinski definition) is 0. The molecule has 0 fully saturated rings. The monoisotopic (exact) mass is 290 g/mol. The first-order valence-electron chi connectivity index (χ1n) is 5.55. The summed E-state index contributed by atoms with van der Waals surface area (Å²) in [7, 11) is 0. The zero-order valence-electron chi connectivity index (χ0n) is 11.1. The minimum atomic E-state index is -0.139. The van der Waals surface area contributed by atoms with Crippen LogP contribution in [0.25, 0.3) is 0 Å². The van der Waals surface area contributed by atoms with Crippen LogP contribution in [-0.2, 0) is 19.5 Å². The summed E-state index contributed by atoms with van der Waals surface area (Å²) in [6, 6.07) is 25.0. The van der Waals surface area contributed by atoms with E-state index >= 15 is 0 Å². The van der Waals surface area contributed by atoms with Crippen molar-refractivity contribution < 1.29 is 19.5 Å². The van der Waals surface area contributed by atoms with Gasteiger partial charge in [-0.1, -0.05) is 0 Å². The minimum absolute atomic E-state index is 0. The zero-order chi connectivity index (χ0) is 12.1. The molecule has 0 heterocycles. The molecule has 0 spiro atoms. The SMILES string of the molecule is [CH3][Al]([CH3])[CH3].[Zn+2].[c-]1ccccc1.[c-]1ccccc1. The van der Waals surface area contributed by atoms with Crippen molar-refractivity contribution in [3.8, 4) is 0 Å². The van der Waals surface area contributed by atoms with E-state index in [-0.39, 0.29) is 33.6 Å². The topological polar surface area (TPSA) is 0 Å². The molecule has 0 amide bonds. The molecule has 2 aromatic rings. The van der Waals surface area contributed by atoms with Crippen molar-refractivity contribution in [2.45, 2.75) is 17.4 Å². The first kappa shape index (κ1) is 18.9. The average molecular weight is 292 g/mol. The molecule has 2 rings (SSSR count). The third-order valence-electron chi connectivity index (χ3n) is 1.21. The van der Waals surface area contributed by atoms with Gasteiger partial charge in [0, 0.05) is 0 Å². The minimum Gasteiger partial charge on any atom is -0.184 e. The van der Waals surface area contributed by atoms with E-state index in [1.165, 1.54) is 0 Å². The summed E-state index contributed by atoms with van der Waals surface area (Å²) in [5, 5.41) is 0. The maximum Gasteiger partial charge on any atom is 2.00 e. The van der Waals surface area contributed by atoms with Gasteiger partial charge in [0.15, 0.2) is 0 Å². The summed E-state index contributed by atoms with van der Waals surface area (Å²) >= 11 is -0.139. The van der Waals surface area contributed by atoms with Gasteiger partial charge in [-0.15, -0.1) is 17.4 Å². The van der Waals surface area contributed by atoms with E-state index in [4.69, 9.17) is 0 Å². The van der Waals surface area contributed by atoms with Crippen molar-refractivity contribution in [2.75, 3.05) is 0 Å². The summed E-state index contributed by atoms with van der Waals surface area (Å²) in [5.41, 5.74) is 0. The van der Waals surface area contributed by atoms with Gasteiger partial charge in [-0.25, -0.2) is 0 Å². The zero-order valence-corrected chi connectivity index (χ0v) is 15.2. The van der Waals surface area contributed by atoms with Crippen LogP contribution in [0, 0.1) is 12.1 Å². The molecule has 0 saturated carbocycles. The molecule has 0 saturated heterocycles. The van der Waals surface area contributed by atoms with Gasteiger partial charge in [-0.2, -0.15) is 72.8 Å². The van der Waals surface area contributed by atoms with Crippen LogP contribution >= 0.6 is 0 Å². The summed E-state index contributed by atoms with van der Waals surface area (Å²) < 4.78 is 0. The Kier molecular flexibility index (Phi) is 17.4. The molecule has 2 aromatic carbocycles. The van der Waals surface area contributed by atoms with E-state index in [9.17, 15) is 0 Å². The third-order valence-corrected chi connectivity index (χ3v) is 1.21. The second-order valence-corrected chi connectivity index (χ2v) is 7.35. The van der Waals surface area contributed by atoms with E-state index in [0.29, 0.717) is 0 Å². The van der Waals surface area contributed by atoms with Crippen molar-refractivity contribution >= 4 is 14.1 Å². The Labute approximate surface area is 123 Å². The molecule has 0 aliphatic carbocycles. The van der Waals surface area contributed by atoms with Crippen LogP contribution in [0.2, 0.25) is 17.4 Å². The van der Waals surface area contributed by atoms with Crippen LogP contribution in [-0.4, -0.2) is 14.1 Å². The maximum absolute atomic E-state index is 2.89. The van der Waals surface area contributed by atoms with E-state index < -0.39 is 0 Å². The predicted molar refractivity (Wildman–Crippen MR) is 73.9 cm³/mol. The maximum atomic E-state index is 2.89. The van der Waals surface area contributed by atoms with Crippen LogP contribution in [0.3, 0.4) is 0 Å². The van der Waals surface area contributed by atoms with Crippen LogP contribution in [0.5, 0.6) is 0 Å².